The van der Waals surface area contributed by atoms with Crippen LogP contribution in [0.2, 0.25) is 0 Å². The summed E-state index contributed by atoms with van der Waals surface area (Å²) in [5, 5.41) is 13.7. The Balaban J connectivity index is 1.81. The van der Waals surface area contributed by atoms with Gasteiger partial charge in [0.1, 0.15) is 11.6 Å². The largest absolute Gasteiger partial charge is 0.511 e. The third-order valence-electron chi connectivity index (χ3n) is 4.71. The molecule has 0 aliphatic carbocycles. The topological polar surface area (TPSA) is 90.1 Å². The van der Waals surface area contributed by atoms with Crippen LogP contribution in [0.5, 0.6) is 5.75 Å². The molecule has 7 heteroatoms. The van der Waals surface area contributed by atoms with E-state index in [1.807, 2.05) is 28.9 Å². The number of carbonyl (C=O) groups is 1. The number of aromatic nitrogens is 4. The lowest BCUT2D eigenvalue weighted by molar-refractivity contribution is 0.144. The first-order chi connectivity index (χ1) is 14.5. The van der Waals surface area contributed by atoms with Gasteiger partial charge in [-0.15, -0.1) is 0 Å². The summed E-state index contributed by atoms with van der Waals surface area (Å²) in [5.74, 6) is 2.71. The van der Waals surface area contributed by atoms with E-state index in [-0.39, 0.29) is 5.75 Å². The third-order valence-corrected chi connectivity index (χ3v) is 4.71. The number of carboxylic acid groups (broad SMARTS) is 1. The number of rotatable bonds is 9. The number of ether oxygens (including phenoxy) is 1. The maximum Gasteiger partial charge on any atom is 0.511 e. The van der Waals surface area contributed by atoms with Crippen LogP contribution in [-0.2, 0) is 19.4 Å². The van der Waals surface area contributed by atoms with Gasteiger partial charge in [0.25, 0.3) is 0 Å². The Morgan fingerprint density at radius 3 is 2.63 bits per heavy atom. The van der Waals surface area contributed by atoms with Gasteiger partial charge in [0.05, 0.1) is 6.54 Å². The molecule has 0 amide bonds. The van der Waals surface area contributed by atoms with Crippen molar-refractivity contribution in [2.45, 2.75) is 53.0 Å². The van der Waals surface area contributed by atoms with Crippen molar-refractivity contribution in [3.05, 3.63) is 59.9 Å². The Labute approximate surface area is 176 Å². The van der Waals surface area contributed by atoms with Crippen LogP contribution in [0.1, 0.15) is 50.8 Å². The second-order valence-electron chi connectivity index (χ2n) is 7.74. The quantitative estimate of drug-likeness (QED) is 0.502. The van der Waals surface area contributed by atoms with Crippen molar-refractivity contribution in [2.24, 2.45) is 5.92 Å². The van der Waals surface area contributed by atoms with Crippen molar-refractivity contribution in [1.82, 2.24) is 19.7 Å². The van der Waals surface area contributed by atoms with Crippen molar-refractivity contribution in [2.75, 3.05) is 0 Å². The standard InChI is InChI=1S/C23H28N4O3/c1-4-5-6-22-25-21(13-16(2)3)26-27(22)15-17-7-9-18(10-8-17)19-14-24-12-11-20(19)30-23(28)29/h7-12,14,16H,4-6,13,15H2,1-3H3,(H,28,29). The number of nitrogens with zero attached hydrogens (tertiary/aromatic N) is 4. The summed E-state index contributed by atoms with van der Waals surface area (Å²) in [6.45, 7) is 7.17. The molecule has 7 nitrogen and oxygen atoms in total. The molecule has 1 aromatic carbocycles. The number of benzene rings is 1. The zero-order valence-corrected chi connectivity index (χ0v) is 17.7. The summed E-state index contributed by atoms with van der Waals surface area (Å²) < 4.78 is 6.87. The molecule has 2 heterocycles. The smallest absolute Gasteiger partial charge is 0.449 e. The van der Waals surface area contributed by atoms with Crippen LogP contribution in [-0.4, -0.2) is 31.0 Å². The normalized spacial score (nSPS) is 11.1. The molecule has 0 saturated heterocycles. The Kier molecular flexibility index (Phi) is 7.17. The van der Waals surface area contributed by atoms with Gasteiger partial charge < -0.3 is 9.84 Å². The Morgan fingerprint density at radius 2 is 1.97 bits per heavy atom. The van der Waals surface area contributed by atoms with Gasteiger partial charge in [-0.25, -0.2) is 14.5 Å². The van der Waals surface area contributed by atoms with Gasteiger partial charge in [-0.05, 0) is 23.5 Å². The second-order valence-corrected chi connectivity index (χ2v) is 7.74. The molecule has 2 aromatic heterocycles. The van der Waals surface area contributed by atoms with Crippen molar-refractivity contribution in [3.8, 4) is 16.9 Å². The first kappa shape index (κ1) is 21.5. The molecule has 0 radical (unpaired) electrons. The summed E-state index contributed by atoms with van der Waals surface area (Å²) in [5.41, 5.74) is 2.57. The molecular formula is C23H28N4O3. The highest BCUT2D eigenvalue weighted by Crippen LogP contribution is 2.29. The average Bonchev–Trinajstić information content (AvgIpc) is 3.07. The summed E-state index contributed by atoms with van der Waals surface area (Å²) in [4.78, 5) is 19.8. The number of pyridine rings is 1. The molecule has 0 saturated carbocycles. The highest BCUT2D eigenvalue weighted by Gasteiger charge is 2.13. The van der Waals surface area contributed by atoms with Crippen LogP contribution in [0.4, 0.5) is 4.79 Å². The van der Waals surface area contributed by atoms with Crippen molar-refractivity contribution < 1.29 is 14.6 Å². The van der Waals surface area contributed by atoms with Crippen LogP contribution < -0.4 is 4.74 Å². The summed E-state index contributed by atoms with van der Waals surface area (Å²) in [6, 6.07) is 9.46. The van der Waals surface area contributed by atoms with Crippen molar-refractivity contribution >= 4 is 6.16 Å². The minimum Gasteiger partial charge on any atom is -0.449 e. The van der Waals surface area contributed by atoms with Gasteiger partial charge in [0.15, 0.2) is 5.82 Å². The molecule has 0 bridgehead atoms. The van der Waals surface area contributed by atoms with Gasteiger partial charge in [-0.2, -0.15) is 5.10 Å². The van der Waals surface area contributed by atoms with E-state index in [1.165, 1.54) is 6.20 Å². The van der Waals surface area contributed by atoms with Gasteiger partial charge >= 0.3 is 6.16 Å². The molecule has 3 aromatic rings. The van der Waals surface area contributed by atoms with E-state index in [1.54, 1.807) is 12.3 Å². The average molecular weight is 409 g/mol. The van der Waals surface area contributed by atoms with Crippen LogP contribution in [0.3, 0.4) is 0 Å². The molecule has 0 spiro atoms. The van der Waals surface area contributed by atoms with E-state index in [0.717, 1.165) is 48.5 Å². The van der Waals surface area contributed by atoms with Crippen LogP contribution in [0.15, 0.2) is 42.7 Å². The molecule has 30 heavy (non-hydrogen) atoms. The number of hydrogen-bond donors (Lipinski definition) is 1. The molecule has 0 atom stereocenters. The van der Waals surface area contributed by atoms with Crippen LogP contribution in [0.25, 0.3) is 11.1 Å². The van der Waals surface area contributed by atoms with Crippen LogP contribution >= 0.6 is 0 Å². The highest BCUT2D eigenvalue weighted by molar-refractivity contribution is 5.73. The minimum atomic E-state index is -1.35. The van der Waals surface area contributed by atoms with Gasteiger partial charge in [0.2, 0.25) is 0 Å². The fourth-order valence-corrected chi connectivity index (χ4v) is 3.27. The summed E-state index contributed by atoms with van der Waals surface area (Å²) in [7, 11) is 0. The maximum atomic E-state index is 10.9. The summed E-state index contributed by atoms with van der Waals surface area (Å²) >= 11 is 0. The lowest BCUT2D eigenvalue weighted by atomic mass is 10.0. The molecule has 0 aliphatic heterocycles. The highest BCUT2D eigenvalue weighted by atomic mass is 16.7. The SMILES string of the molecule is CCCCc1nc(CC(C)C)nn1Cc1ccc(-c2cnccc2OC(=O)O)cc1. The first-order valence-electron chi connectivity index (χ1n) is 10.3. The van der Waals surface area contributed by atoms with Gasteiger partial charge in [-0.3, -0.25) is 4.98 Å². The van der Waals surface area contributed by atoms with Crippen molar-refractivity contribution in [1.29, 1.82) is 0 Å². The Morgan fingerprint density at radius 1 is 1.20 bits per heavy atom. The monoisotopic (exact) mass is 408 g/mol. The number of hydrogen-bond acceptors (Lipinski definition) is 5. The molecule has 0 fully saturated rings. The molecule has 1 N–H and O–H groups in total. The maximum absolute atomic E-state index is 10.9. The van der Waals surface area contributed by atoms with E-state index >= 15 is 0 Å². The number of unbranched alkanes of at least 4 members (excludes halogenated alkanes) is 1. The Hall–Kier alpha value is -3.22. The second kappa shape index (κ2) is 10.0. The molecule has 0 unspecified atom stereocenters. The van der Waals surface area contributed by atoms with Gasteiger partial charge in [-0.1, -0.05) is 51.5 Å². The van der Waals surface area contributed by atoms with E-state index in [9.17, 15) is 4.79 Å². The minimum absolute atomic E-state index is 0.265. The first-order valence-corrected chi connectivity index (χ1v) is 10.3. The predicted octanol–water partition coefficient (Wildman–Crippen LogP) is 4.99. The summed E-state index contributed by atoms with van der Waals surface area (Å²) in [6.07, 6.45) is 5.77. The van der Waals surface area contributed by atoms with Crippen LogP contribution in [0, 0.1) is 5.92 Å². The molecular weight excluding hydrogens is 380 g/mol. The fraction of sp³-hybridized carbons (Fsp3) is 0.391. The molecule has 3 rings (SSSR count). The van der Waals surface area contributed by atoms with Crippen molar-refractivity contribution in [3.63, 3.8) is 0 Å². The zero-order valence-electron chi connectivity index (χ0n) is 17.7. The van der Waals surface area contributed by atoms with E-state index in [0.29, 0.717) is 18.0 Å². The van der Waals surface area contributed by atoms with E-state index in [2.05, 4.69) is 25.8 Å². The third kappa shape index (κ3) is 5.65. The fourth-order valence-electron chi connectivity index (χ4n) is 3.27. The lowest BCUT2D eigenvalue weighted by Gasteiger charge is -2.09. The molecule has 0 aliphatic rings. The molecule has 158 valence electrons. The lowest BCUT2D eigenvalue weighted by Crippen LogP contribution is -2.07. The number of aryl methyl sites for hydroxylation is 1. The van der Waals surface area contributed by atoms with Gasteiger partial charge in [0, 0.05) is 36.9 Å². The Bertz CT molecular complexity index is 980. The predicted molar refractivity (Wildman–Crippen MR) is 115 cm³/mol. The zero-order chi connectivity index (χ0) is 21.5. The van der Waals surface area contributed by atoms with E-state index in [4.69, 9.17) is 19.9 Å². The van der Waals surface area contributed by atoms with E-state index < -0.39 is 6.16 Å².